The van der Waals surface area contributed by atoms with E-state index in [4.69, 9.17) is 0 Å². The Labute approximate surface area is 94.7 Å². The molecule has 0 heterocycles. The van der Waals surface area contributed by atoms with Crippen LogP contribution in [0.1, 0.15) is 52.9 Å². The number of hydrogen-bond acceptors (Lipinski definition) is 2. The van der Waals surface area contributed by atoms with Crippen molar-refractivity contribution in [2.24, 2.45) is 5.41 Å². The first-order chi connectivity index (χ1) is 6.93. The summed E-state index contributed by atoms with van der Waals surface area (Å²) in [4.78, 5) is 2.45. The van der Waals surface area contributed by atoms with E-state index >= 15 is 0 Å². The molecule has 1 N–H and O–H groups in total. The zero-order chi connectivity index (χ0) is 11.5. The fourth-order valence-corrected chi connectivity index (χ4v) is 2.43. The van der Waals surface area contributed by atoms with Crippen LogP contribution in [0.3, 0.4) is 0 Å². The summed E-state index contributed by atoms with van der Waals surface area (Å²) in [7, 11) is 2.21. The highest BCUT2D eigenvalue weighted by Gasteiger charge is 2.28. The molecule has 0 radical (unpaired) electrons. The normalized spacial score (nSPS) is 22.0. The van der Waals surface area contributed by atoms with Crippen LogP contribution in [0.15, 0.2) is 0 Å². The van der Waals surface area contributed by atoms with E-state index < -0.39 is 0 Å². The molecule has 0 spiro atoms. The van der Waals surface area contributed by atoms with E-state index in [1.54, 1.807) is 0 Å². The van der Waals surface area contributed by atoms with Crippen molar-refractivity contribution in [1.82, 2.24) is 4.90 Å². The minimum Gasteiger partial charge on any atom is -0.393 e. The standard InChI is InChI=1S/C13H27NO/c1-11(15)13(2,3)10-14(4)12-8-6-5-7-9-12/h11-12,15H,5-10H2,1-4H3. The minimum absolute atomic E-state index is 0.00615. The highest BCUT2D eigenvalue weighted by molar-refractivity contribution is 4.82. The van der Waals surface area contributed by atoms with Gasteiger partial charge in [-0.1, -0.05) is 33.1 Å². The topological polar surface area (TPSA) is 23.5 Å². The summed E-state index contributed by atoms with van der Waals surface area (Å²) in [5, 5.41) is 9.70. The molecule has 2 heteroatoms. The van der Waals surface area contributed by atoms with E-state index in [1.165, 1.54) is 32.1 Å². The minimum atomic E-state index is -0.233. The molecular weight excluding hydrogens is 186 g/mol. The van der Waals surface area contributed by atoms with Gasteiger partial charge in [0.2, 0.25) is 0 Å². The lowest BCUT2D eigenvalue weighted by Crippen LogP contribution is -2.43. The summed E-state index contributed by atoms with van der Waals surface area (Å²) in [5.41, 5.74) is 0.00615. The van der Waals surface area contributed by atoms with Crippen molar-refractivity contribution in [1.29, 1.82) is 0 Å². The molecule has 1 saturated carbocycles. The molecule has 90 valence electrons. The van der Waals surface area contributed by atoms with Gasteiger partial charge in [-0.2, -0.15) is 0 Å². The van der Waals surface area contributed by atoms with Crippen molar-refractivity contribution in [3.8, 4) is 0 Å². The van der Waals surface area contributed by atoms with Crippen LogP contribution in [0.4, 0.5) is 0 Å². The van der Waals surface area contributed by atoms with Crippen molar-refractivity contribution in [3.05, 3.63) is 0 Å². The van der Waals surface area contributed by atoms with E-state index in [-0.39, 0.29) is 11.5 Å². The summed E-state index contributed by atoms with van der Waals surface area (Å²) in [6.45, 7) is 7.19. The summed E-state index contributed by atoms with van der Waals surface area (Å²) in [6.07, 6.45) is 6.61. The lowest BCUT2D eigenvalue weighted by molar-refractivity contribution is 0.0256. The van der Waals surface area contributed by atoms with Gasteiger partial charge in [-0.25, -0.2) is 0 Å². The Kier molecular flexibility index (Phi) is 4.60. The molecule has 0 amide bonds. The van der Waals surface area contributed by atoms with Gasteiger partial charge in [0.15, 0.2) is 0 Å². The maximum absolute atomic E-state index is 9.70. The summed E-state index contributed by atoms with van der Waals surface area (Å²) < 4.78 is 0. The lowest BCUT2D eigenvalue weighted by atomic mass is 9.85. The third-order valence-corrected chi connectivity index (χ3v) is 3.99. The molecule has 1 fully saturated rings. The van der Waals surface area contributed by atoms with Gasteiger partial charge >= 0.3 is 0 Å². The van der Waals surface area contributed by atoms with Crippen molar-refractivity contribution in [2.45, 2.75) is 65.0 Å². The zero-order valence-corrected chi connectivity index (χ0v) is 10.8. The van der Waals surface area contributed by atoms with Gasteiger partial charge in [0.25, 0.3) is 0 Å². The molecule has 1 unspecified atom stereocenters. The first-order valence-corrected chi connectivity index (χ1v) is 6.32. The molecular formula is C13H27NO. The molecule has 1 rings (SSSR count). The van der Waals surface area contributed by atoms with Crippen LogP contribution in [0, 0.1) is 5.41 Å². The second-order valence-corrected chi connectivity index (χ2v) is 5.87. The van der Waals surface area contributed by atoms with Crippen LogP contribution in [-0.4, -0.2) is 35.7 Å². The number of aliphatic hydroxyl groups excluding tert-OH is 1. The summed E-state index contributed by atoms with van der Waals surface area (Å²) in [6, 6.07) is 0.747. The Morgan fingerprint density at radius 1 is 1.27 bits per heavy atom. The molecule has 15 heavy (non-hydrogen) atoms. The second-order valence-electron chi connectivity index (χ2n) is 5.87. The van der Waals surface area contributed by atoms with Crippen molar-refractivity contribution >= 4 is 0 Å². The molecule has 0 aromatic heterocycles. The second kappa shape index (κ2) is 5.31. The van der Waals surface area contributed by atoms with E-state index in [0.717, 1.165) is 12.6 Å². The van der Waals surface area contributed by atoms with Gasteiger partial charge in [0, 0.05) is 18.0 Å². The van der Waals surface area contributed by atoms with Crippen LogP contribution < -0.4 is 0 Å². The molecule has 1 aliphatic rings. The Morgan fingerprint density at radius 2 is 1.80 bits per heavy atom. The third-order valence-electron chi connectivity index (χ3n) is 3.99. The first-order valence-electron chi connectivity index (χ1n) is 6.32. The fraction of sp³-hybridized carbons (Fsp3) is 1.00. The monoisotopic (exact) mass is 213 g/mol. The third kappa shape index (κ3) is 3.76. The zero-order valence-electron chi connectivity index (χ0n) is 10.8. The van der Waals surface area contributed by atoms with Gasteiger partial charge in [-0.05, 0) is 26.8 Å². The van der Waals surface area contributed by atoms with Crippen molar-refractivity contribution in [2.75, 3.05) is 13.6 Å². The largest absolute Gasteiger partial charge is 0.393 e. The van der Waals surface area contributed by atoms with Crippen LogP contribution in [0.5, 0.6) is 0 Å². The van der Waals surface area contributed by atoms with Crippen LogP contribution in [0.2, 0.25) is 0 Å². The summed E-state index contributed by atoms with van der Waals surface area (Å²) >= 11 is 0. The average Bonchev–Trinajstić information content (AvgIpc) is 2.18. The molecule has 0 saturated heterocycles. The molecule has 2 nitrogen and oxygen atoms in total. The van der Waals surface area contributed by atoms with E-state index in [1.807, 2.05) is 6.92 Å². The predicted molar refractivity (Wildman–Crippen MR) is 65.0 cm³/mol. The fourth-order valence-electron chi connectivity index (χ4n) is 2.43. The Balaban J connectivity index is 2.42. The molecule has 0 aliphatic heterocycles. The molecule has 1 aliphatic carbocycles. The average molecular weight is 213 g/mol. The number of aliphatic hydroxyl groups is 1. The van der Waals surface area contributed by atoms with Crippen LogP contribution in [-0.2, 0) is 0 Å². The first kappa shape index (κ1) is 13.0. The predicted octanol–water partition coefficient (Wildman–Crippen LogP) is 2.66. The quantitative estimate of drug-likeness (QED) is 0.776. The smallest absolute Gasteiger partial charge is 0.0575 e. The molecule has 0 bridgehead atoms. The highest BCUT2D eigenvalue weighted by atomic mass is 16.3. The molecule has 1 atom stereocenters. The molecule has 0 aromatic rings. The molecule has 0 aromatic carbocycles. The number of rotatable bonds is 4. The van der Waals surface area contributed by atoms with E-state index in [9.17, 15) is 5.11 Å². The van der Waals surface area contributed by atoms with Crippen LogP contribution in [0.25, 0.3) is 0 Å². The van der Waals surface area contributed by atoms with Gasteiger partial charge in [-0.3, -0.25) is 0 Å². The Hall–Kier alpha value is -0.0800. The van der Waals surface area contributed by atoms with Crippen molar-refractivity contribution in [3.63, 3.8) is 0 Å². The SMILES string of the molecule is CC(O)C(C)(C)CN(C)C1CCCCC1. The maximum atomic E-state index is 9.70. The van der Waals surface area contributed by atoms with E-state index in [0.29, 0.717) is 0 Å². The Morgan fingerprint density at radius 3 is 2.27 bits per heavy atom. The van der Waals surface area contributed by atoms with Gasteiger partial charge in [-0.15, -0.1) is 0 Å². The van der Waals surface area contributed by atoms with Crippen molar-refractivity contribution < 1.29 is 5.11 Å². The lowest BCUT2D eigenvalue weighted by Gasteiger charge is -2.38. The van der Waals surface area contributed by atoms with E-state index in [2.05, 4.69) is 25.8 Å². The van der Waals surface area contributed by atoms with Gasteiger partial charge in [0.05, 0.1) is 6.10 Å². The maximum Gasteiger partial charge on any atom is 0.0575 e. The number of hydrogen-bond donors (Lipinski definition) is 1. The highest BCUT2D eigenvalue weighted by Crippen LogP contribution is 2.27. The van der Waals surface area contributed by atoms with Gasteiger partial charge in [0.1, 0.15) is 0 Å². The van der Waals surface area contributed by atoms with Crippen LogP contribution >= 0.6 is 0 Å². The number of nitrogens with zero attached hydrogens (tertiary/aromatic N) is 1. The van der Waals surface area contributed by atoms with Gasteiger partial charge < -0.3 is 10.0 Å². The summed E-state index contributed by atoms with van der Waals surface area (Å²) in [5.74, 6) is 0. The Bertz CT molecular complexity index is 183.